The fourth-order valence-corrected chi connectivity index (χ4v) is 11.2. The molecule has 3 aromatic heterocycles. The second-order valence-electron chi connectivity index (χ2n) is 23.5. The molecule has 1 aliphatic rings. The van der Waals surface area contributed by atoms with Crippen LogP contribution in [0.5, 0.6) is 11.5 Å². The van der Waals surface area contributed by atoms with Crippen molar-refractivity contribution in [1.29, 1.82) is 0 Å². The number of hydrogen-bond donors (Lipinski definition) is 0. The van der Waals surface area contributed by atoms with E-state index in [1.54, 1.807) is 0 Å². The fourth-order valence-electron chi connectivity index (χ4n) is 11.2. The minimum atomic E-state index is -0.426. The Hall–Kier alpha value is -8.80. The van der Waals surface area contributed by atoms with Gasteiger partial charge in [0.15, 0.2) is 0 Å². The molecular formula is C72H62N4O. The van der Waals surface area contributed by atoms with E-state index in [4.69, 9.17) is 16.6 Å². The van der Waals surface area contributed by atoms with E-state index < -0.39 is 6.04 Å². The lowest BCUT2D eigenvalue weighted by Gasteiger charge is -2.27. The van der Waals surface area contributed by atoms with Gasteiger partial charge in [0, 0.05) is 23.0 Å². The lowest BCUT2D eigenvalue weighted by molar-refractivity contribution is -0.570. The Morgan fingerprint density at radius 2 is 1.08 bits per heavy atom. The van der Waals surface area contributed by atoms with Crippen molar-refractivity contribution in [2.24, 2.45) is 0 Å². The number of imidazole rings is 1. The highest BCUT2D eigenvalue weighted by Crippen LogP contribution is 2.47. The average molecular weight is 1000 g/mol. The molecule has 13 rings (SSSR count). The number of nitrogens with zero attached hydrogens (tertiary/aromatic N) is 4. The molecule has 0 unspecified atom stereocenters. The van der Waals surface area contributed by atoms with Crippen LogP contribution < -0.4 is 9.30 Å². The van der Waals surface area contributed by atoms with Crippen LogP contribution in [0.2, 0.25) is 0 Å². The molecule has 0 radical (unpaired) electrons. The molecule has 0 aliphatic carbocycles. The molecule has 0 saturated heterocycles. The summed E-state index contributed by atoms with van der Waals surface area (Å²) in [4.78, 5) is 4.92. The Morgan fingerprint density at radius 1 is 0.455 bits per heavy atom. The minimum absolute atomic E-state index is 0.0608. The third-order valence-electron chi connectivity index (χ3n) is 15.3. The van der Waals surface area contributed by atoms with E-state index in [1.165, 1.54) is 16.7 Å². The van der Waals surface area contributed by atoms with Gasteiger partial charge in [0.05, 0.1) is 40.3 Å². The van der Waals surface area contributed by atoms with Crippen molar-refractivity contribution in [3.8, 4) is 84.3 Å². The Labute approximate surface area is 459 Å². The first-order chi connectivity index (χ1) is 39.1. The molecule has 77 heavy (non-hydrogen) atoms. The second-order valence-corrected chi connectivity index (χ2v) is 23.5. The van der Waals surface area contributed by atoms with Gasteiger partial charge in [-0.2, -0.15) is 0 Å². The second kappa shape index (κ2) is 17.9. The van der Waals surface area contributed by atoms with Crippen molar-refractivity contribution >= 4 is 32.8 Å². The SMILES string of the molecule is [2H]c1c([2H])c([2H])c(-c2ccc3c(c2)-c2cccc(-c4cc(C(C)(C)C)cc(C(C)(C)C)c4)c2-[n+]2[c-]n(-c4cccc(Oc5ccc6c7ccccc7n(-c7cc(C(C)(C)C)ccn7)c6c5)c4)c4cccc(c42)-c2ccccc2-3)c([2H])c1[2H]. The summed E-state index contributed by atoms with van der Waals surface area (Å²) >= 11 is 0. The number of ether oxygens (including phenoxy) is 1. The van der Waals surface area contributed by atoms with Crippen LogP contribution in [0.25, 0.3) is 106 Å². The van der Waals surface area contributed by atoms with Crippen LogP contribution >= 0.6 is 0 Å². The van der Waals surface area contributed by atoms with Crippen molar-refractivity contribution in [2.45, 2.75) is 78.6 Å². The quantitative estimate of drug-likeness (QED) is 0.123. The van der Waals surface area contributed by atoms with Gasteiger partial charge in [0.2, 0.25) is 0 Å². The Balaban J connectivity index is 1.05. The molecular weight excluding hydrogens is 937 g/mol. The van der Waals surface area contributed by atoms with Gasteiger partial charge in [-0.3, -0.25) is 13.7 Å². The highest BCUT2D eigenvalue weighted by Gasteiger charge is 2.29. The van der Waals surface area contributed by atoms with E-state index in [9.17, 15) is 0 Å². The molecule has 9 aromatic carbocycles. The normalized spacial score (nSPS) is 13.4. The van der Waals surface area contributed by atoms with Gasteiger partial charge < -0.3 is 4.74 Å². The first kappa shape index (κ1) is 42.4. The van der Waals surface area contributed by atoms with Crippen LogP contribution in [-0.2, 0) is 16.2 Å². The standard InChI is InChI=1S/C72H62N4O/c1-70(2,3)49-36-37-73-67(42-49)76-64-30-16-15-26-59(64)60-35-33-54(44-66(60)76)77-53-23-17-22-52(43-53)74-45-75-68-55(48-38-50(71(4,5)6)41-51(39-48)72(7,8)9)27-18-28-62(68)63-40-47(46-20-11-10-12-21-46)32-34-58(63)56-24-13-14-25-57(56)61-29-19-31-65(74)69(61)75/h10-44H,1-9H3/i10D,11D,12D,20D,21D. The van der Waals surface area contributed by atoms with Gasteiger partial charge in [0.25, 0.3) is 6.33 Å². The van der Waals surface area contributed by atoms with Gasteiger partial charge in [0.1, 0.15) is 17.3 Å². The maximum Gasteiger partial charge on any atom is 0.269 e. The Morgan fingerprint density at radius 3 is 1.84 bits per heavy atom. The topological polar surface area (TPSA) is 35.9 Å². The van der Waals surface area contributed by atoms with Crippen molar-refractivity contribution in [3.63, 3.8) is 0 Å². The first-order valence-corrected chi connectivity index (χ1v) is 26.5. The van der Waals surface area contributed by atoms with Gasteiger partial charge >= 0.3 is 0 Å². The maximum atomic E-state index is 9.12. The molecule has 5 nitrogen and oxygen atoms in total. The molecule has 0 atom stereocenters. The van der Waals surface area contributed by atoms with E-state index in [1.807, 2.05) is 42.6 Å². The number of aromatic nitrogens is 4. The summed E-state index contributed by atoms with van der Waals surface area (Å²) in [6.45, 7) is 20.2. The van der Waals surface area contributed by atoms with E-state index >= 15 is 0 Å². The number of benzene rings is 9. The number of rotatable bonds is 6. The van der Waals surface area contributed by atoms with Gasteiger partial charge in [-0.05, 0) is 143 Å². The molecule has 0 saturated carbocycles. The molecule has 4 heterocycles. The van der Waals surface area contributed by atoms with Gasteiger partial charge in [-0.25, -0.2) is 4.98 Å². The summed E-state index contributed by atoms with van der Waals surface area (Å²) in [6.07, 6.45) is 5.85. The largest absolute Gasteiger partial charge is 0.458 e. The van der Waals surface area contributed by atoms with Gasteiger partial charge in [-0.1, -0.05) is 208 Å². The zero-order valence-electron chi connectivity index (χ0n) is 50.0. The smallest absolute Gasteiger partial charge is 0.269 e. The van der Waals surface area contributed by atoms with Crippen LogP contribution in [0.4, 0.5) is 0 Å². The van der Waals surface area contributed by atoms with Crippen LogP contribution in [0.3, 0.4) is 0 Å². The summed E-state index contributed by atoms with van der Waals surface area (Å²) in [5.41, 5.74) is 17.3. The number of hydrogen-bond acceptors (Lipinski definition) is 2. The van der Waals surface area contributed by atoms with Crippen molar-refractivity contribution in [3.05, 3.63) is 235 Å². The summed E-state index contributed by atoms with van der Waals surface area (Å²) < 4.78 is 57.6. The van der Waals surface area contributed by atoms with Crippen LogP contribution in [0, 0.1) is 6.33 Å². The minimum Gasteiger partial charge on any atom is -0.458 e. The fraction of sp³-hybridized carbons (Fsp3) is 0.167. The first-order valence-electron chi connectivity index (χ1n) is 29.0. The van der Waals surface area contributed by atoms with E-state index in [-0.39, 0.29) is 46.0 Å². The van der Waals surface area contributed by atoms with Crippen molar-refractivity contribution in [2.75, 3.05) is 0 Å². The van der Waals surface area contributed by atoms with E-state index in [0.717, 1.165) is 94.5 Å². The average Bonchev–Trinajstić information content (AvgIpc) is 2.52. The zero-order chi connectivity index (χ0) is 57.3. The molecule has 376 valence electrons. The Kier molecular flexibility index (Phi) is 9.87. The lowest BCUT2D eigenvalue weighted by Crippen LogP contribution is -2.32. The van der Waals surface area contributed by atoms with E-state index in [2.05, 4.69) is 222 Å². The molecule has 0 N–H and O–H groups in total. The highest BCUT2D eigenvalue weighted by atomic mass is 16.5. The van der Waals surface area contributed by atoms with Crippen molar-refractivity contribution in [1.82, 2.24) is 14.1 Å². The monoisotopic (exact) mass is 1000 g/mol. The summed E-state index contributed by atoms with van der Waals surface area (Å²) in [5.74, 6) is 2.19. The highest BCUT2D eigenvalue weighted by molar-refractivity contribution is 6.09. The molecule has 1 aliphatic heterocycles. The van der Waals surface area contributed by atoms with E-state index in [0.29, 0.717) is 17.1 Å². The maximum absolute atomic E-state index is 9.12. The summed E-state index contributed by atoms with van der Waals surface area (Å²) in [7, 11) is 0. The molecule has 0 fully saturated rings. The predicted octanol–water partition coefficient (Wildman–Crippen LogP) is 18.5. The van der Waals surface area contributed by atoms with Gasteiger partial charge in [-0.15, -0.1) is 0 Å². The van der Waals surface area contributed by atoms with Crippen LogP contribution in [0.15, 0.2) is 212 Å². The predicted molar refractivity (Wildman–Crippen MR) is 319 cm³/mol. The summed E-state index contributed by atoms with van der Waals surface area (Å²) in [5, 5.41) is 2.24. The number of pyridine rings is 1. The third-order valence-corrected chi connectivity index (χ3v) is 15.3. The Bertz CT molecular complexity index is 4560. The number of para-hydroxylation sites is 3. The molecule has 0 amide bonds. The third kappa shape index (κ3) is 8.33. The molecule has 0 bridgehead atoms. The van der Waals surface area contributed by atoms with Crippen LogP contribution in [-0.4, -0.2) is 14.1 Å². The zero-order valence-corrected chi connectivity index (χ0v) is 45.0. The molecule has 12 aromatic rings. The number of fused-ring (bicyclic) bond motifs is 10. The summed E-state index contributed by atoms with van der Waals surface area (Å²) in [6, 6.07) is 59.8. The van der Waals surface area contributed by atoms with Crippen molar-refractivity contribution < 1.29 is 16.2 Å². The molecule has 5 heteroatoms. The molecule has 0 spiro atoms. The lowest BCUT2D eigenvalue weighted by atomic mass is 9.78. The van der Waals surface area contributed by atoms with Crippen LogP contribution in [0.1, 0.15) is 85.9 Å².